The lowest BCUT2D eigenvalue weighted by Gasteiger charge is -2.21. The minimum absolute atomic E-state index is 0.369. The summed E-state index contributed by atoms with van der Waals surface area (Å²) in [6, 6.07) is 14.1. The SMILES string of the molecule is COc1ccccc1/C=N/NC(=O)CN(c1cccc(C)c1)S(C)(=O)=O. The smallest absolute Gasteiger partial charge is 0.260 e. The van der Waals surface area contributed by atoms with Gasteiger partial charge in [0, 0.05) is 5.56 Å². The van der Waals surface area contributed by atoms with Gasteiger partial charge < -0.3 is 4.74 Å². The van der Waals surface area contributed by atoms with Crippen LogP contribution in [0.1, 0.15) is 11.1 Å². The molecule has 1 N–H and O–H groups in total. The number of amides is 1. The summed E-state index contributed by atoms with van der Waals surface area (Å²) in [7, 11) is -2.08. The first kappa shape index (κ1) is 19.5. The third-order valence-electron chi connectivity index (χ3n) is 3.51. The second-order valence-electron chi connectivity index (χ2n) is 5.64. The third kappa shape index (κ3) is 5.32. The van der Waals surface area contributed by atoms with Crippen LogP contribution in [0.2, 0.25) is 0 Å². The average molecular weight is 375 g/mol. The summed E-state index contributed by atoms with van der Waals surface area (Å²) in [6.45, 7) is 1.48. The zero-order valence-electron chi connectivity index (χ0n) is 14.8. The fraction of sp³-hybridized carbons (Fsp3) is 0.222. The first-order valence-corrected chi connectivity index (χ1v) is 9.65. The van der Waals surface area contributed by atoms with E-state index in [0.717, 1.165) is 16.1 Å². The number of hydrogen-bond donors (Lipinski definition) is 1. The van der Waals surface area contributed by atoms with Gasteiger partial charge in [-0.2, -0.15) is 5.10 Å². The van der Waals surface area contributed by atoms with Crippen LogP contribution in [0.5, 0.6) is 5.75 Å². The molecular weight excluding hydrogens is 354 g/mol. The number of carbonyl (C=O) groups is 1. The van der Waals surface area contributed by atoms with Crippen molar-refractivity contribution in [1.29, 1.82) is 0 Å². The molecule has 2 aromatic carbocycles. The van der Waals surface area contributed by atoms with Crippen LogP contribution < -0.4 is 14.5 Å². The molecule has 138 valence electrons. The molecule has 0 fully saturated rings. The Balaban J connectivity index is 2.09. The molecule has 7 nitrogen and oxygen atoms in total. The van der Waals surface area contributed by atoms with Crippen molar-refractivity contribution in [2.45, 2.75) is 6.92 Å². The van der Waals surface area contributed by atoms with Crippen molar-refractivity contribution in [3.63, 3.8) is 0 Å². The molecule has 0 unspecified atom stereocenters. The van der Waals surface area contributed by atoms with Gasteiger partial charge in [0.25, 0.3) is 5.91 Å². The molecule has 0 saturated carbocycles. The fourth-order valence-corrected chi connectivity index (χ4v) is 3.14. The van der Waals surface area contributed by atoms with Crippen molar-refractivity contribution in [3.05, 3.63) is 59.7 Å². The molecule has 26 heavy (non-hydrogen) atoms. The molecule has 0 aromatic heterocycles. The highest BCUT2D eigenvalue weighted by Gasteiger charge is 2.20. The quantitative estimate of drug-likeness (QED) is 0.592. The van der Waals surface area contributed by atoms with Crippen LogP contribution in [0, 0.1) is 6.92 Å². The average Bonchev–Trinajstić information content (AvgIpc) is 2.59. The minimum atomic E-state index is -3.62. The monoisotopic (exact) mass is 375 g/mol. The fourth-order valence-electron chi connectivity index (χ4n) is 2.30. The summed E-state index contributed by atoms with van der Waals surface area (Å²) in [5, 5.41) is 3.87. The predicted molar refractivity (Wildman–Crippen MR) is 102 cm³/mol. The molecule has 0 bridgehead atoms. The van der Waals surface area contributed by atoms with Gasteiger partial charge in [-0.05, 0) is 36.8 Å². The molecule has 1 amide bonds. The Morgan fingerprint density at radius 2 is 1.96 bits per heavy atom. The van der Waals surface area contributed by atoms with Gasteiger partial charge >= 0.3 is 0 Å². The molecule has 0 spiro atoms. The first-order chi connectivity index (χ1) is 12.3. The molecule has 0 radical (unpaired) electrons. The molecule has 0 saturated heterocycles. The van der Waals surface area contributed by atoms with E-state index in [2.05, 4.69) is 10.5 Å². The number of nitrogens with zero attached hydrogens (tertiary/aromatic N) is 2. The number of nitrogens with one attached hydrogen (secondary N) is 1. The topological polar surface area (TPSA) is 88.1 Å². The van der Waals surface area contributed by atoms with E-state index in [1.165, 1.54) is 13.3 Å². The van der Waals surface area contributed by atoms with Crippen molar-refractivity contribution < 1.29 is 17.9 Å². The maximum absolute atomic E-state index is 12.1. The molecular formula is C18H21N3O4S. The molecule has 8 heteroatoms. The number of hydrogen-bond acceptors (Lipinski definition) is 5. The number of carbonyl (C=O) groups excluding carboxylic acids is 1. The number of methoxy groups -OCH3 is 1. The van der Waals surface area contributed by atoms with E-state index in [4.69, 9.17) is 4.74 Å². The number of rotatable bonds is 7. The maximum Gasteiger partial charge on any atom is 0.260 e. The largest absolute Gasteiger partial charge is 0.496 e. The lowest BCUT2D eigenvalue weighted by atomic mass is 10.2. The van der Waals surface area contributed by atoms with Crippen LogP contribution in [0.25, 0.3) is 0 Å². The van der Waals surface area contributed by atoms with E-state index >= 15 is 0 Å². The molecule has 2 aromatic rings. The van der Waals surface area contributed by atoms with Gasteiger partial charge in [0.1, 0.15) is 12.3 Å². The zero-order chi connectivity index (χ0) is 19.2. The van der Waals surface area contributed by atoms with E-state index < -0.39 is 15.9 Å². The number of aryl methyl sites for hydroxylation is 1. The van der Waals surface area contributed by atoms with E-state index in [-0.39, 0.29) is 6.54 Å². The summed E-state index contributed by atoms with van der Waals surface area (Å²) in [4.78, 5) is 12.1. The number of benzene rings is 2. The van der Waals surface area contributed by atoms with Crippen molar-refractivity contribution >= 4 is 27.8 Å². The van der Waals surface area contributed by atoms with E-state index in [0.29, 0.717) is 17.0 Å². The van der Waals surface area contributed by atoms with Gasteiger partial charge in [-0.25, -0.2) is 13.8 Å². The summed E-state index contributed by atoms with van der Waals surface area (Å²) < 4.78 is 30.3. The summed E-state index contributed by atoms with van der Waals surface area (Å²) in [5.41, 5.74) is 4.35. The lowest BCUT2D eigenvalue weighted by molar-refractivity contribution is -0.119. The Kier molecular flexibility index (Phi) is 6.35. The second-order valence-corrected chi connectivity index (χ2v) is 7.55. The van der Waals surface area contributed by atoms with Gasteiger partial charge in [-0.15, -0.1) is 0 Å². The highest BCUT2D eigenvalue weighted by Crippen LogP contribution is 2.18. The van der Waals surface area contributed by atoms with Crippen LogP contribution >= 0.6 is 0 Å². The summed E-state index contributed by atoms with van der Waals surface area (Å²) in [5.74, 6) is 0.0612. The minimum Gasteiger partial charge on any atom is -0.496 e. The molecule has 2 rings (SSSR count). The Bertz CT molecular complexity index is 910. The van der Waals surface area contributed by atoms with Crippen LogP contribution in [0.3, 0.4) is 0 Å². The van der Waals surface area contributed by atoms with E-state index in [1.54, 1.807) is 30.3 Å². The van der Waals surface area contributed by atoms with E-state index in [1.807, 2.05) is 25.1 Å². The van der Waals surface area contributed by atoms with Crippen LogP contribution in [0.4, 0.5) is 5.69 Å². The molecule has 0 aliphatic rings. The zero-order valence-corrected chi connectivity index (χ0v) is 15.7. The standard InChI is InChI=1S/C18H21N3O4S/c1-14-7-6-9-16(11-14)21(26(3,23)24)13-18(22)20-19-12-15-8-4-5-10-17(15)25-2/h4-12H,13H2,1-3H3,(H,20,22)/b19-12+. The second kappa shape index (κ2) is 8.48. The van der Waals surface area contributed by atoms with Crippen molar-refractivity contribution in [3.8, 4) is 5.75 Å². The van der Waals surface area contributed by atoms with Crippen LogP contribution in [0.15, 0.2) is 53.6 Å². The summed E-state index contributed by atoms with van der Waals surface area (Å²) >= 11 is 0. The van der Waals surface area contributed by atoms with Crippen molar-refractivity contribution in [1.82, 2.24) is 5.43 Å². The number of hydrazone groups is 1. The van der Waals surface area contributed by atoms with E-state index in [9.17, 15) is 13.2 Å². The highest BCUT2D eigenvalue weighted by atomic mass is 32.2. The molecule has 0 heterocycles. The van der Waals surface area contributed by atoms with Gasteiger partial charge in [-0.3, -0.25) is 9.10 Å². The van der Waals surface area contributed by atoms with Crippen molar-refractivity contribution in [2.75, 3.05) is 24.2 Å². The predicted octanol–water partition coefficient (Wildman–Crippen LogP) is 1.92. The number of para-hydroxylation sites is 1. The molecule has 0 aliphatic heterocycles. The maximum atomic E-state index is 12.1. The molecule has 0 aliphatic carbocycles. The van der Waals surface area contributed by atoms with Gasteiger partial charge in [0.15, 0.2) is 0 Å². The highest BCUT2D eigenvalue weighted by molar-refractivity contribution is 7.92. The Morgan fingerprint density at radius 3 is 2.62 bits per heavy atom. The normalized spacial score (nSPS) is 11.3. The number of ether oxygens (including phenoxy) is 1. The molecule has 0 atom stereocenters. The lowest BCUT2D eigenvalue weighted by Crippen LogP contribution is -2.39. The number of anilines is 1. The third-order valence-corrected chi connectivity index (χ3v) is 4.65. The first-order valence-electron chi connectivity index (χ1n) is 7.80. The Hall–Kier alpha value is -2.87. The summed E-state index contributed by atoms with van der Waals surface area (Å²) in [6.07, 6.45) is 2.49. The van der Waals surface area contributed by atoms with Crippen LogP contribution in [-0.4, -0.2) is 40.4 Å². The van der Waals surface area contributed by atoms with Gasteiger partial charge in [0.2, 0.25) is 10.0 Å². The van der Waals surface area contributed by atoms with Gasteiger partial charge in [-0.1, -0.05) is 24.3 Å². The van der Waals surface area contributed by atoms with Crippen LogP contribution in [-0.2, 0) is 14.8 Å². The Morgan fingerprint density at radius 1 is 1.23 bits per heavy atom. The number of sulfonamides is 1. The van der Waals surface area contributed by atoms with Crippen molar-refractivity contribution in [2.24, 2.45) is 5.10 Å². The Labute approximate surface area is 153 Å². The van der Waals surface area contributed by atoms with Gasteiger partial charge in [0.05, 0.1) is 25.3 Å².